The van der Waals surface area contributed by atoms with Gasteiger partial charge < -0.3 is 4.74 Å². The normalized spacial score (nSPS) is 15.0. The molecule has 5 nitrogen and oxygen atoms in total. The summed E-state index contributed by atoms with van der Waals surface area (Å²) >= 11 is 0. The highest BCUT2D eigenvalue weighted by Gasteiger charge is 2.28. The van der Waals surface area contributed by atoms with Gasteiger partial charge in [0.15, 0.2) is 5.82 Å². The highest BCUT2D eigenvalue weighted by Crippen LogP contribution is 2.39. The Hall–Kier alpha value is -3.00. The largest absolute Gasteiger partial charge is 0.483 e. The van der Waals surface area contributed by atoms with Crippen molar-refractivity contribution in [2.24, 2.45) is 5.18 Å². The Balaban J connectivity index is 2.22. The summed E-state index contributed by atoms with van der Waals surface area (Å²) in [7, 11) is 0. The first-order valence-corrected chi connectivity index (χ1v) is 6.79. The van der Waals surface area contributed by atoms with Crippen molar-refractivity contribution in [3.8, 4) is 11.8 Å². The fraction of sp³-hybridized carbons (Fsp3) is 0.176. The van der Waals surface area contributed by atoms with E-state index in [1.807, 2.05) is 26.0 Å². The molecule has 0 unspecified atom stereocenters. The molecule has 3 rings (SSSR count). The van der Waals surface area contributed by atoms with Crippen molar-refractivity contribution in [3.63, 3.8) is 0 Å². The Bertz CT molecular complexity index is 832. The average Bonchev–Trinajstić information content (AvgIpc) is 2.53. The van der Waals surface area contributed by atoms with Crippen LogP contribution >= 0.6 is 0 Å². The predicted octanol–water partition coefficient (Wildman–Crippen LogP) is 3.95. The minimum atomic E-state index is -0.511. The minimum absolute atomic E-state index is 0.126. The number of nitroso groups, excluding NO2 is 1. The van der Waals surface area contributed by atoms with E-state index in [0.29, 0.717) is 17.0 Å². The van der Waals surface area contributed by atoms with Gasteiger partial charge >= 0.3 is 0 Å². The van der Waals surface area contributed by atoms with Gasteiger partial charge in [0.2, 0.25) is 0 Å². The molecular weight excluding hydrogens is 278 g/mol. The lowest BCUT2D eigenvalue weighted by molar-refractivity contribution is 0.158. The first-order chi connectivity index (χ1) is 10.5. The Morgan fingerprint density at radius 3 is 2.82 bits per heavy atom. The van der Waals surface area contributed by atoms with Crippen LogP contribution in [0.4, 0.5) is 5.82 Å². The maximum absolute atomic E-state index is 10.7. The molecule has 0 amide bonds. The van der Waals surface area contributed by atoms with Crippen LogP contribution in [0, 0.1) is 16.2 Å². The molecule has 0 spiro atoms. The van der Waals surface area contributed by atoms with Crippen LogP contribution in [0.5, 0.6) is 5.75 Å². The molecule has 5 heteroatoms. The highest BCUT2D eigenvalue weighted by atomic mass is 16.5. The molecular formula is C17H13N3O2. The van der Waals surface area contributed by atoms with Crippen molar-refractivity contribution in [1.82, 2.24) is 4.98 Å². The number of hydrogen-bond acceptors (Lipinski definition) is 5. The van der Waals surface area contributed by atoms with Crippen LogP contribution in [0.1, 0.15) is 30.7 Å². The number of pyridine rings is 1. The Kier molecular flexibility index (Phi) is 3.22. The smallest absolute Gasteiger partial charge is 0.197 e. The summed E-state index contributed by atoms with van der Waals surface area (Å²) in [4.78, 5) is 15.0. The van der Waals surface area contributed by atoms with Crippen molar-refractivity contribution < 1.29 is 4.74 Å². The van der Waals surface area contributed by atoms with Crippen LogP contribution in [0.25, 0.3) is 5.57 Å². The highest BCUT2D eigenvalue weighted by molar-refractivity contribution is 5.84. The number of aromatic nitrogens is 1. The number of benzene rings is 1. The molecule has 2 heterocycles. The molecule has 1 aromatic carbocycles. The molecule has 0 bridgehead atoms. The van der Waals surface area contributed by atoms with E-state index in [-0.39, 0.29) is 5.82 Å². The summed E-state index contributed by atoms with van der Waals surface area (Å²) in [6, 6.07) is 12.5. The van der Waals surface area contributed by atoms with Gasteiger partial charge in [0.05, 0.1) is 17.3 Å². The van der Waals surface area contributed by atoms with Crippen LogP contribution in [0.15, 0.2) is 47.7 Å². The molecule has 0 aliphatic carbocycles. The molecule has 0 N–H and O–H groups in total. The van der Waals surface area contributed by atoms with Crippen molar-refractivity contribution in [3.05, 3.63) is 64.2 Å². The van der Waals surface area contributed by atoms with Crippen molar-refractivity contribution in [1.29, 1.82) is 5.26 Å². The van der Waals surface area contributed by atoms with Gasteiger partial charge in [-0.25, -0.2) is 4.98 Å². The molecule has 108 valence electrons. The molecule has 0 radical (unpaired) electrons. The lowest BCUT2D eigenvalue weighted by Crippen LogP contribution is -2.29. The third-order valence-electron chi connectivity index (χ3n) is 3.37. The number of nitrogens with zero attached hydrogens (tertiary/aromatic N) is 3. The van der Waals surface area contributed by atoms with Crippen LogP contribution in [0.3, 0.4) is 0 Å². The maximum Gasteiger partial charge on any atom is 0.197 e. The van der Waals surface area contributed by atoms with E-state index < -0.39 is 5.60 Å². The number of fused-ring (bicyclic) bond motifs is 1. The van der Waals surface area contributed by atoms with E-state index in [0.717, 1.165) is 11.1 Å². The second kappa shape index (κ2) is 5.08. The maximum atomic E-state index is 10.7. The van der Waals surface area contributed by atoms with E-state index >= 15 is 0 Å². The summed E-state index contributed by atoms with van der Waals surface area (Å²) in [6.45, 7) is 3.88. The zero-order valence-corrected chi connectivity index (χ0v) is 12.2. The summed E-state index contributed by atoms with van der Waals surface area (Å²) in [6.07, 6.45) is 1.94. The quantitative estimate of drug-likeness (QED) is 0.785. The van der Waals surface area contributed by atoms with Gasteiger partial charge in [-0.05, 0) is 55.4 Å². The van der Waals surface area contributed by atoms with Crippen LogP contribution in [-0.2, 0) is 0 Å². The molecule has 22 heavy (non-hydrogen) atoms. The van der Waals surface area contributed by atoms with Crippen molar-refractivity contribution >= 4 is 11.4 Å². The molecule has 2 aromatic rings. The van der Waals surface area contributed by atoms with E-state index in [1.54, 1.807) is 30.3 Å². The fourth-order valence-electron chi connectivity index (χ4n) is 2.47. The van der Waals surface area contributed by atoms with Gasteiger partial charge in [0, 0.05) is 11.1 Å². The standard InChI is InChI=1S/C17H13N3O2/c1-17(2)9-13(14-4-3-5-16(19-14)20-21)12-8-11(10-18)6-7-15(12)22-17/h3-9H,1-2H3. The minimum Gasteiger partial charge on any atom is -0.483 e. The second-order valence-corrected chi connectivity index (χ2v) is 5.56. The monoisotopic (exact) mass is 291 g/mol. The fourth-order valence-corrected chi connectivity index (χ4v) is 2.47. The Morgan fingerprint density at radius 2 is 2.09 bits per heavy atom. The first kappa shape index (κ1) is 14.0. The third kappa shape index (κ3) is 2.47. The lowest BCUT2D eigenvalue weighted by Gasteiger charge is -2.31. The van der Waals surface area contributed by atoms with Gasteiger partial charge in [0.1, 0.15) is 11.4 Å². The topological polar surface area (TPSA) is 75.3 Å². The van der Waals surface area contributed by atoms with Gasteiger partial charge in [-0.1, -0.05) is 6.07 Å². The molecule has 0 saturated carbocycles. The summed E-state index contributed by atoms with van der Waals surface area (Å²) in [5.74, 6) is 0.813. The first-order valence-electron chi connectivity index (χ1n) is 6.79. The molecule has 1 aliphatic rings. The Labute approximate surface area is 127 Å². The van der Waals surface area contributed by atoms with Gasteiger partial charge in [-0.15, -0.1) is 4.91 Å². The zero-order chi connectivity index (χ0) is 15.7. The van der Waals surface area contributed by atoms with Crippen molar-refractivity contribution in [2.75, 3.05) is 0 Å². The molecule has 0 saturated heterocycles. The Morgan fingerprint density at radius 1 is 1.27 bits per heavy atom. The van der Waals surface area contributed by atoms with Gasteiger partial charge in [0.25, 0.3) is 0 Å². The average molecular weight is 291 g/mol. The molecule has 0 fully saturated rings. The zero-order valence-electron chi connectivity index (χ0n) is 12.2. The predicted molar refractivity (Wildman–Crippen MR) is 82.6 cm³/mol. The number of hydrogen-bond donors (Lipinski definition) is 0. The summed E-state index contributed by atoms with van der Waals surface area (Å²) in [5.41, 5.74) is 2.27. The number of ether oxygens (including phenoxy) is 1. The summed E-state index contributed by atoms with van der Waals surface area (Å²) in [5, 5.41) is 12.0. The van der Waals surface area contributed by atoms with Crippen LogP contribution in [-0.4, -0.2) is 10.6 Å². The van der Waals surface area contributed by atoms with E-state index in [4.69, 9.17) is 10.00 Å². The second-order valence-electron chi connectivity index (χ2n) is 5.56. The number of rotatable bonds is 2. The molecule has 1 aliphatic heterocycles. The van der Waals surface area contributed by atoms with Crippen LogP contribution < -0.4 is 4.74 Å². The van der Waals surface area contributed by atoms with Crippen molar-refractivity contribution in [2.45, 2.75) is 19.4 Å². The van der Waals surface area contributed by atoms with Gasteiger partial charge in [-0.3, -0.25) is 0 Å². The van der Waals surface area contributed by atoms with Gasteiger partial charge in [-0.2, -0.15) is 5.26 Å². The van der Waals surface area contributed by atoms with E-state index in [2.05, 4.69) is 16.2 Å². The molecule has 0 atom stereocenters. The SMILES string of the molecule is CC1(C)C=C(c2cccc(N=O)n2)c2cc(C#N)ccc2O1. The third-order valence-corrected chi connectivity index (χ3v) is 3.37. The number of nitriles is 1. The van der Waals surface area contributed by atoms with E-state index in [1.165, 1.54) is 0 Å². The summed E-state index contributed by atoms with van der Waals surface area (Å²) < 4.78 is 5.93. The van der Waals surface area contributed by atoms with Crippen LogP contribution in [0.2, 0.25) is 0 Å². The molecule has 1 aromatic heterocycles. The lowest BCUT2D eigenvalue weighted by atomic mass is 9.91. The van der Waals surface area contributed by atoms with E-state index in [9.17, 15) is 4.91 Å².